The second kappa shape index (κ2) is 10.7. The van der Waals surface area contributed by atoms with Crippen molar-refractivity contribution in [3.8, 4) is 29.9 Å². The summed E-state index contributed by atoms with van der Waals surface area (Å²) in [6.07, 6.45) is 6.82. The minimum atomic E-state index is -4.60. The van der Waals surface area contributed by atoms with Crippen molar-refractivity contribution in [2.24, 2.45) is 0 Å². The third kappa shape index (κ3) is 6.25. The predicted octanol–water partition coefficient (Wildman–Crippen LogP) is 5.70. The van der Waals surface area contributed by atoms with E-state index in [-0.39, 0.29) is 16.9 Å². The molecule has 3 aromatic rings. The van der Waals surface area contributed by atoms with E-state index in [2.05, 4.69) is 34.6 Å². The number of hydrogen-bond acceptors (Lipinski definition) is 3. The number of terminal acetylenes is 1. The van der Waals surface area contributed by atoms with Crippen molar-refractivity contribution in [2.75, 3.05) is 12.4 Å². The van der Waals surface area contributed by atoms with Crippen LogP contribution in [0, 0.1) is 38.0 Å². The van der Waals surface area contributed by atoms with Crippen LogP contribution in [0.4, 0.5) is 18.9 Å². The molecule has 5 nitrogen and oxygen atoms in total. The number of rotatable bonds is 5. The van der Waals surface area contributed by atoms with Gasteiger partial charge in [-0.05, 0) is 61.9 Å². The number of aromatic nitrogens is 2. The Balaban J connectivity index is 1.95. The van der Waals surface area contributed by atoms with Gasteiger partial charge in [-0.2, -0.15) is 13.2 Å². The highest BCUT2D eigenvalue weighted by atomic mass is 19.4. The van der Waals surface area contributed by atoms with Crippen molar-refractivity contribution in [1.29, 1.82) is 0 Å². The van der Waals surface area contributed by atoms with Gasteiger partial charge in [-0.3, -0.25) is 4.79 Å². The molecule has 182 valence electrons. The number of carbonyl (C=O) groups is 1. The summed E-state index contributed by atoms with van der Waals surface area (Å²) in [7, 11) is 1.75. The van der Waals surface area contributed by atoms with Gasteiger partial charge in [0.25, 0.3) is 5.91 Å². The number of allylic oxidation sites excluding steroid dienone is 2. The lowest BCUT2D eigenvalue weighted by molar-refractivity contribution is -0.137. The molecular weight excluding hydrogens is 465 g/mol. The molecule has 1 heterocycles. The van der Waals surface area contributed by atoms with Crippen molar-refractivity contribution in [3.63, 3.8) is 0 Å². The molecular formula is C28H23F3N4O. The van der Waals surface area contributed by atoms with E-state index in [0.29, 0.717) is 17.0 Å². The Morgan fingerprint density at radius 2 is 1.97 bits per heavy atom. The molecule has 1 aromatic heterocycles. The van der Waals surface area contributed by atoms with Gasteiger partial charge >= 0.3 is 6.18 Å². The Morgan fingerprint density at radius 3 is 2.58 bits per heavy atom. The summed E-state index contributed by atoms with van der Waals surface area (Å²) in [6, 6.07) is 8.21. The number of benzene rings is 2. The highest BCUT2D eigenvalue weighted by Gasteiger charge is 2.31. The number of hydrogen-bond donors (Lipinski definition) is 1. The molecule has 1 amide bonds. The molecule has 36 heavy (non-hydrogen) atoms. The van der Waals surface area contributed by atoms with Gasteiger partial charge in [0.15, 0.2) is 0 Å². The first-order valence-electron chi connectivity index (χ1n) is 10.7. The molecule has 0 aliphatic rings. The molecule has 3 rings (SSSR count). The normalized spacial score (nSPS) is 11.2. The van der Waals surface area contributed by atoms with E-state index in [4.69, 9.17) is 6.42 Å². The molecule has 0 atom stereocenters. The van der Waals surface area contributed by atoms with E-state index in [1.807, 2.05) is 6.92 Å². The van der Waals surface area contributed by atoms with Gasteiger partial charge in [0.2, 0.25) is 0 Å². The third-order valence-corrected chi connectivity index (χ3v) is 5.21. The number of alkyl halides is 3. The van der Waals surface area contributed by atoms with E-state index in [9.17, 15) is 18.0 Å². The van der Waals surface area contributed by atoms with E-state index in [1.165, 1.54) is 23.0 Å². The number of anilines is 1. The molecule has 0 aliphatic carbocycles. The second-order valence-electron chi connectivity index (χ2n) is 7.91. The van der Waals surface area contributed by atoms with Gasteiger partial charge in [-0.15, -0.1) is 6.42 Å². The Kier molecular flexibility index (Phi) is 7.71. The van der Waals surface area contributed by atoms with Crippen LogP contribution in [-0.4, -0.2) is 27.4 Å². The third-order valence-electron chi connectivity index (χ3n) is 5.21. The Bertz CT molecular complexity index is 1450. The maximum Gasteiger partial charge on any atom is 0.416 e. The first-order valence-corrected chi connectivity index (χ1v) is 10.7. The average Bonchev–Trinajstić information content (AvgIpc) is 3.27. The monoisotopic (exact) mass is 488 g/mol. The van der Waals surface area contributed by atoms with Gasteiger partial charge in [0, 0.05) is 41.8 Å². The first kappa shape index (κ1) is 25.9. The highest BCUT2D eigenvalue weighted by Crippen LogP contribution is 2.33. The minimum Gasteiger partial charge on any atom is -0.344 e. The van der Waals surface area contributed by atoms with Crippen LogP contribution in [0.1, 0.15) is 32.7 Å². The fourth-order valence-electron chi connectivity index (χ4n) is 3.19. The summed E-state index contributed by atoms with van der Waals surface area (Å²) < 4.78 is 42.1. The number of nitrogens with zero attached hydrogens (tertiary/aromatic N) is 3. The number of imidazole rings is 1. The van der Waals surface area contributed by atoms with Gasteiger partial charge in [-0.25, -0.2) is 4.98 Å². The summed E-state index contributed by atoms with van der Waals surface area (Å²) in [4.78, 5) is 18.7. The van der Waals surface area contributed by atoms with Gasteiger partial charge < -0.3 is 14.8 Å². The number of carbonyl (C=O) groups excluding carboxylic acids is 1. The molecule has 0 aliphatic heterocycles. The minimum absolute atomic E-state index is 0.00349. The molecule has 0 unspecified atom stereocenters. The zero-order valence-electron chi connectivity index (χ0n) is 19.9. The van der Waals surface area contributed by atoms with Crippen LogP contribution >= 0.6 is 0 Å². The number of amides is 1. The fraction of sp³-hybridized carbons (Fsp3) is 0.143. The van der Waals surface area contributed by atoms with Crippen molar-refractivity contribution >= 4 is 11.6 Å². The summed E-state index contributed by atoms with van der Waals surface area (Å²) in [5, 5.41) is 2.57. The van der Waals surface area contributed by atoms with Crippen molar-refractivity contribution < 1.29 is 18.0 Å². The highest BCUT2D eigenvalue weighted by molar-refractivity contribution is 6.04. The van der Waals surface area contributed by atoms with Crippen LogP contribution in [-0.2, 0) is 6.18 Å². The topological polar surface area (TPSA) is 50.2 Å². The van der Waals surface area contributed by atoms with E-state index in [1.54, 1.807) is 49.5 Å². The fourth-order valence-corrected chi connectivity index (χ4v) is 3.19. The van der Waals surface area contributed by atoms with Crippen LogP contribution in [0.15, 0.2) is 73.5 Å². The molecule has 2 aromatic carbocycles. The summed E-state index contributed by atoms with van der Waals surface area (Å²) in [6.45, 7) is 7.24. The molecule has 0 saturated carbocycles. The standard InChI is InChI=1S/C28H23F3N4O/c1-6-8-25(34(5)7-2)12-11-21-13-22(10-9-19(21)3)27(36)33-24-14-23(28(29,30)31)15-26(16-24)35-17-20(4)32-18-35/h1,7-10,13-18H,2H2,3-5H3,(H,33,36)/b25-8-. The average molecular weight is 489 g/mol. The molecule has 0 fully saturated rings. The predicted molar refractivity (Wildman–Crippen MR) is 134 cm³/mol. The Morgan fingerprint density at radius 1 is 1.22 bits per heavy atom. The quantitative estimate of drug-likeness (QED) is 0.469. The lowest BCUT2D eigenvalue weighted by Crippen LogP contribution is -2.14. The Labute approximate surface area is 208 Å². The summed E-state index contributed by atoms with van der Waals surface area (Å²) >= 11 is 0. The number of nitrogens with one attached hydrogen (secondary N) is 1. The summed E-state index contributed by atoms with van der Waals surface area (Å²) in [5.41, 5.74) is 2.13. The number of aryl methyl sites for hydroxylation is 2. The summed E-state index contributed by atoms with van der Waals surface area (Å²) in [5.74, 6) is 7.79. The van der Waals surface area contributed by atoms with Crippen LogP contribution in [0.3, 0.4) is 0 Å². The molecule has 8 heteroatoms. The molecule has 0 radical (unpaired) electrons. The van der Waals surface area contributed by atoms with Gasteiger partial charge in [0.05, 0.1) is 17.6 Å². The van der Waals surface area contributed by atoms with E-state index in [0.717, 1.165) is 17.7 Å². The van der Waals surface area contributed by atoms with E-state index < -0.39 is 17.6 Å². The largest absolute Gasteiger partial charge is 0.416 e. The molecule has 0 bridgehead atoms. The smallest absolute Gasteiger partial charge is 0.344 e. The lowest BCUT2D eigenvalue weighted by Gasteiger charge is -2.14. The van der Waals surface area contributed by atoms with Crippen molar-refractivity contribution in [2.45, 2.75) is 20.0 Å². The maximum absolute atomic E-state index is 13.5. The van der Waals surface area contributed by atoms with E-state index >= 15 is 0 Å². The lowest BCUT2D eigenvalue weighted by atomic mass is 10.0. The van der Waals surface area contributed by atoms with Crippen molar-refractivity contribution in [3.05, 3.63) is 101 Å². The molecule has 0 saturated heterocycles. The zero-order valence-corrected chi connectivity index (χ0v) is 19.9. The van der Waals surface area contributed by atoms with Crippen molar-refractivity contribution in [1.82, 2.24) is 14.5 Å². The number of halogens is 3. The first-order chi connectivity index (χ1) is 17.0. The maximum atomic E-state index is 13.5. The van der Waals surface area contributed by atoms with Crippen LogP contribution in [0.25, 0.3) is 5.69 Å². The van der Waals surface area contributed by atoms with Gasteiger partial charge in [0.1, 0.15) is 5.70 Å². The van der Waals surface area contributed by atoms with Crippen LogP contribution in [0.5, 0.6) is 0 Å². The SMILES string of the molecule is C#C/C=C(/C#Cc1cc(C(=O)Nc2cc(-n3cnc(C)c3)cc(C(F)(F)F)c2)ccc1C)N(C)C=C. The zero-order chi connectivity index (χ0) is 26.5. The molecule has 1 N–H and O–H groups in total. The Hall–Kier alpha value is -4.69. The second-order valence-corrected chi connectivity index (χ2v) is 7.91. The molecule has 0 spiro atoms. The van der Waals surface area contributed by atoms with Crippen LogP contribution < -0.4 is 5.32 Å². The van der Waals surface area contributed by atoms with Crippen LogP contribution in [0.2, 0.25) is 0 Å². The van der Waals surface area contributed by atoms with Gasteiger partial charge in [-0.1, -0.05) is 24.5 Å².